The summed E-state index contributed by atoms with van der Waals surface area (Å²) in [7, 11) is 0. The summed E-state index contributed by atoms with van der Waals surface area (Å²) in [5, 5.41) is 8.80. The largest absolute Gasteiger partial charge is 0.348 e. The highest BCUT2D eigenvalue weighted by molar-refractivity contribution is 7.10. The second kappa shape index (κ2) is 6.06. The van der Waals surface area contributed by atoms with E-state index in [2.05, 4.69) is 22.1 Å². The van der Waals surface area contributed by atoms with Gasteiger partial charge in [-0.15, -0.1) is 11.3 Å². The molecule has 2 N–H and O–H groups in total. The highest BCUT2D eigenvalue weighted by atomic mass is 32.1. The van der Waals surface area contributed by atoms with Crippen molar-refractivity contribution >= 4 is 17.2 Å². The van der Waals surface area contributed by atoms with Crippen LogP contribution in [0.3, 0.4) is 0 Å². The Morgan fingerprint density at radius 2 is 2.21 bits per heavy atom. The Morgan fingerprint density at radius 3 is 3.16 bits per heavy atom. The van der Waals surface area contributed by atoms with Crippen molar-refractivity contribution in [3.05, 3.63) is 21.9 Å². The summed E-state index contributed by atoms with van der Waals surface area (Å²) in [6.07, 6.45) is 8.05. The smallest absolute Gasteiger partial charge is 0.237 e. The van der Waals surface area contributed by atoms with Crippen molar-refractivity contribution in [2.75, 3.05) is 6.54 Å². The minimum Gasteiger partial charge on any atom is -0.348 e. The van der Waals surface area contributed by atoms with Crippen molar-refractivity contribution in [2.45, 2.75) is 57.0 Å². The van der Waals surface area contributed by atoms with E-state index in [-0.39, 0.29) is 18.0 Å². The Bertz CT molecular complexity index is 435. The number of hydrogen-bond acceptors (Lipinski definition) is 3. The first kappa shape index (κ1) is 13.1. The normalized spacial score (nSPS) is 27.4. The zero-order chi connectivity index (χ0) is 13.1. The Kier molecular flexibility index (Phi) is 4.18. The molecule has 2 unspecified atom stereocenters. The molecule has 1 aromatic heterocycles. The fourth-order valence-corrected chi connectivity index (χ4v) is 4.15. The number of amides is 1. The highest BCUT2D eigenvalue weighted by Crippen LogP contribution is 2.33. The van der Waals surface area contributed by atoms with Gasteiger partial charge in [-0.2, -0.15) is 0 Å². The van der Waals surface area contributed by atoms with E-state index in [0.717, 1.165) is 19.4 Å². The minimum atomic E-state index is 0.0199. The molecule has 2 heterocycles. The first-order valence-electron chi connectivity index (χ1n) is 7.44. The number of hydrogen-bond donors (Lipinski definition) is 2. The second-order valence-electron chi connectivity index (χ2n) is 5.61. The summed E-state index contributed by atoms with van der Waals surface area (Å²) in [5.74, 6) is 0.200. The van der Waals surface area contributed by atoms with Gasteiger partial charge in [-0.1, -0.05) is 12.8 Å². The lowest BCUT2D eigenvalue weighted by Gasteiger charge is -2.26. The summed E-state index contributed by atoms with van der Waals surface area (Å²) in [5.41, 5.74) is 1.36. The van der Waals surface area contributed by atoms with Gasteiger partial charge < -0.3 is 10.6 Å². The first-order chi connectivity index (χ1) is 9.34. The van der Waals surface area contributed by atoms with E-state index in [0.29, 0.717) is 0 Å². The Balaban J connectivity index is 1.64. The molecule has 19 heavy (non-hydrogen) atoms. The third kappa shape index (κ3) is 3.00. The minimum absolute atomic E-state index is 0.0199. The number of fused-ring (bicyclic) bond motifs is 1. The SMILES string of the molecule is O=C(NC1CCCc2sccc21)C1CCCCCN1. The predicted octanol–water partition coefficient (Wildman–Crippen LogP) is 2.77. The molecule has 2 atom stereocenters. The van der Waals surface area contributed by atoms with Gasteiger partial charge in [0.15, 0.2) is 0 Å². The molecule has 4 heteroatoms. The summed E-state index contributed by atoms with van der Waals surface area (Å²) in [4.78, 5) is 13.8. The van der Waals surface area contributed by atoms with Crippen LogP contribution in [-0.2, 0) is 11.2 Å². The molecule has 0 aromatic carbocycles. The van der Waals surface area contributed by atoms with Gasteiger partial charge in [0.05, 0.1) is 12.1 Å². The molecule has 0 spiro atoms. The average Bonchev–Trinajstić information content (AvgIpc) is 2.73. The van der Waals surface area contributed by atoms with Crippen LogP contribution in [0.4, 0.5) is 0 Å². The van der Waals surface area contributed by atoms with Crippen molar-refractivity contribution < 1.29 is 4.79 Å². The van der Waals surface area contributed by atoms with E-state index in [1.807, 2.05) is 11.3 Å². The molecule has 3 rings (SSSR count). The Morgan fingerprint density at radius 1 is 1.26 bits per heavy atom. The van der Waals surface area contributed by atoms with Gasteiger partial charge >= 0.3 is 0 Å². The van der Waals surface area contributed by atoms with Crippen LogP contribution in [0.1, 0.15) is 55.0 Å². The fourth-order valence-electron chi connectivity index (χ4n) is 3.16. The second-order valence-corrected chi connectivity index (χ2v) is 6.61. The maximum atomic E-state index is 12.4. The quantitative estimate of drug-likeness (QED) is 0.873. The van der Waals surface area contributed by atoms with E-state index < -0.39 is 0 Å². The summed E-state index contributed by atoms with van der Waals surface area (Å²) in [6.45, 7) is 0.979. The standard InChI is InChI=1S/C15H22N2OS/c18-15(13-5-2-1-3-9-16-13)17-12-6-4-7-14-11(12)8-10-19-14/h8,10,12-13,16H,1-7,9H2,(H,17,18). The van der Waals surface area contributed by atoms with Crippen LogP contribution in [0.15, 0.2) is 11.4 Å². The molecule has 1 saturated heterocycles. The molecule has 1 amide bonds. The number of thiophene rings is 1. The van der Waals surface area contributed by atoms with Crippen molar-refractivity contribution in [2.24, 2.45) is 0 Å². The number of carbonyl (C=O) groups is 1. The Hall–Kier alpha value is -0.870. The molecule has 2 aliphatic rings. The number of rotatable bonds is 2. The van der Waals surface area contributed by atoms with Gasteiger partial charge in [0.1, 0.15) is 0 Å². The van der Waals surface area contributed by atoms with Gasteiger partial charge in [0, 0.05) is 4.88 Å². The average molecular weight is 278 g/mol. The van der Waals surface area contributed by atoms with Crippen LogP contribution < -0.4 is 10.6 Å². The van der Waals surface area contributed by atoms with Crippen molar-refractivity contribution in [3.8, 4) is 0 Å². The van der Waals surface area contributed by atoms with Crippen LogP contribution >= 0.6 is 11.3 Å². The number of carbonyl (C=O) groups excluding carboxylic acids is 1. The summed E-state index contributed by atoms with van der Waals surface area (Å²) >= 11 is 1.83. The third-order valence-corrected chi connectivity index (χ3v) is 5.24. The lowest BCUT2D eigenvalue weighted by molar-refractivity contribution is -0.124. The number of aryl methyl sites for hydroxylation is 1. The summed E-state index contributed by atoms with van der Waals surface area (Å²) in [6, 6.07) is 2.45. The zero-order valence-electron chi connectivity index (χ0n) is 11.3. The van der Waals surface area contributed by atoms with Crippen LogP contribution in [0.2, 0.25) is 0 Å². The zero-order valence-corrected chi connectivity index (χ0v) is 12.1. The number of nitrogens with one attached hydrogen (secondary N) is 2. The topological polar surface area (TPSA) is 41.1 Å². The van der Waals surface area contributed by atoms with E-state index in [1.165, 1.54) is 42.5 Å². The first-order valence-corrected chi connectivity index (χ1v) is 8.32. The predicted molar refractivity (Wildman–Crippen MR) is 78.4 cm³/mol. The molecular weight excluding hydrogens is 256 g/mol. The van der Waals surface area contributed by atoms with Gasteiger partial charge in [0.2, 0.25) is 5.91 Å². The van der Waals surface area contributed by atoms with Crippen molar-refractivity contribution in [3.63, 3.8) is 0 Å². The van der Waals surface area contributed by atoms with Crippen LogP contribution in [0.25, 0.3) is 0 Å². The van der Waals surface area contributed by atoms with E-state index in [1.54, 1.807) is 0 Å². The molecular formula is C15H22N2OS. The molecule has 0 saturated carbocycles. The van der Waals surface area contributed by atoms with Gasteiger partial charge in [-0.05, 0) is 55.7 Å². The maximum absolute atomic E-state index is 12.4. The lowest BCUT2D eigenvalue weighted by atomic mass is 9.93. The molecule has 104 valence electrons. The maximum Gasteiger partial charge on any atom is 0.237 e. The lowest BCUT2D eigenvalue weighted by Crippen LogP contribution is -2.45. The summed E-state index contributed by atoms with van der Waals surface area (Å²) < 4.78 is 0. The van der Waals surface area contributed by atoms with Crippen LogP contribution in [0, 0.1) is 0 Å². The molecule has 1 fully saturated rings. The molecule has 0 radical (unpaired) electrons. The molecule has 0 bridgehead atoms. The molecule has 1 aliphatic heterocycles. The molecule has 1 aromatic rings. The van der Waals surface area contributed by atoms with Gasteiger partial charge in [-0.3, -0.25) is 4.79 Å². The van der Waals surface area contributed by atoms with Gasteiger partial charge in [0.25, 0.3) is 0 Å². The van der Waals surface area contributed by atoms with E-state index in [9.17, 15) is 4.79 Å². The molecule has 3 nitrogen and oxygen atoms in total. The molecule has 1 aliphatic carbocycles. The Labute approximate surface area is 118 Å². The fraction of sp³-hybridized carbons (Fsp3) is 0.667. The van der Waals surface area contributed by atoms with E-state index >= 15 is 0 Å². The highest BCUT2D eigenvalue weighted by Gasteiger charge is 2.26. The van der Waals surface area contributed by atoms with Crippen molar-refractivity contribution in [1.29, 1.82) is 0 Å². The van der Waals surface area contributed by atoms with Gasteiger partial charge in [-0.25, -0.2) is 0 Å². The third-order valence-electron chi connectivity index (χ3n) is 4.25. The monoisotopic (exact) mass is 278 g/mol. The van der Waals surface area contributed by atoms with Crippen molar-refractivity contribution in [1.82, 2.24) is 10.6 Å². The van der Waals surface area contributed by atoms with E-state index in [4.69, 9.17) is 0 Å². The van der Waals surface area contributed by atoms with Crippen LogP contribution in [-0.4, -0.2) is 18.5 Å². The van der Waals surface area contributed by atoms with Crippen LogP contribution in [0.5, 0.6) is 0 Å².